The van der Waals surface area contributed by atoms with E-state index in [0.29, 0.717) is 0 Å². The second-order valence-corrected chi connectivity index (χ2v) is 2.48. The molecule has 4 N–H and O–H groups in total. The second kappa shape index (κ2) is 5.29. The highest BCUT2D eigenvalue weighted by atomic mass is 16.6. The third kappa shape index (κ3) is 2.94. The van der Waals surface area contributed by atoms with Gasteiger partial charge in [0.15, 0.2) is 17.3 Å². The number of nitrogens with two attached hydrogens (primary N) is 2. The number of hydrogen-bond donors (Lipinski definition) is 2. The lowest BCUT2D eigenvalue weighted by molar-refractivity contribution is 0.308. The van der Waals surface area contributed by atoms with Crippen LogP contribution in [-0.4, -0.2) is 22.4 Å². The van der Waals surface area contributed by atoms with E-state index in [-0.39, 0.29) is 23.1 Å². The largest absolute Gasteiger partial charge is 0.465 e. The van der Waals surface area contributed by atoms with Gasteiger partial charge in [0, 0.05) is 0 Å². The van der Waals surface area contributed by atoms with Gasteiger partial charge in [-0.15, -0.1) is 5.10 Å². The minimum absolute atomic E-state index is 0.0265. The third-order valence-corrected chi connectivity index (χ3v) is 1.36. The molecule has 0 aromatic carbocycles. The Morgan fingerprint density at radius 2 is 2.25 bits per heavy atom. The lowest BCUT2D eigenvalue weighted by atomic mass is 10.4. The standard InChI is InChI=1S/C8H10N6O2/c1-3-15-5(2)4-11-12-7(9)6-8(10)14-16-13-6/h3-4H,1-2H2,(H2,9,12)(H2,10,14)/b11-4+. The van der Waals surface area contributed by atoms with Gasteiger partial charge in [-0.1, -0.05) is 13.2 Å². The molecule has 0 aliphatic rings. The number of rotatable bonds is 5. The molecule has 0 fully saturated rings. The van der Waals surface area contributed by atoms with E-state index >= 15 is 0 Å². The first-order valence-electron chi connectivity index (χ1n) is 4.06. The minimum atomic E-state index is -0.0265. The van der Waals surface area contributed by atoms with Crippen LogP contribution in [0.1, 0.15) is 5.69 Å². The maximum absolute atomic E-state index is 5.50. The average Bonchev–Trinajstić information content (AvgIpc) is 2.64. The van der Waals surface area contributed by atoms with Gasteiger partial charge in [0.25, 0.3) is 0 Å². The van der Waals surface area contributed by atoms with Gasteiger partial charge in [-0.3, -0.25) is 0 Å². The minimum Gasteiger partial charge on any atom is -0.465 e. The number of nitrogen functional groups attached to an aromatic ring is 1. The summed E-state index contributed by atoms with van der Waals surface area (Å²) in [4.78, 5) is 0. The molecule has 0 aliphatic carbocycles. The number of amidine groups is 1. The van der Waals surface area contributed by atoms with E-state index in [1.165, 1.54) is 12.5 Å². The highest BCUT2D eigenvalue weighted by Crippen LogP contribution is 2.02. The van der Waals surface area contributed by atoms with Crippen molar-refractivity contribution in [3.05, 3.63) is 30.9 Å². The molecule has 0 saturated heterocycles. The molecule has 16 heavy (non-hydrogen) atoms. The van der Waals surface area contributed by atoms with E-state index in [9.17, 15) is 0 Å². The van der Waals surface area contributed by atoms with Crippen LogP contribution < -0.4 is 11.5 Å². The molecular formula is C8H10N6O2. The van der Waals surface area contributed by atoms with Crippen molar-refractivity contribution in [3.63, 3.8) is 0 Å². The van der Waals surface area contributed by atoms with Crippen LogP contribution >= 0.6 is 0 Å². The molecule has 0 atom stereocenters. The number of nitrogens with zero attached hydrogens (tertiary/aromatic N) is 4. The van der Waals surface area contributed by atoms with Crippen LogP contribution in [0.15, 0.2) is 40.0 Å². The van der Waals surface area contributed by atoms with Crippen LogP contribution in [-0.2, 0) is 4.74 Å². The monoisotopic (exact) mass is 222 g/mol. The highest BCUT2D eigenvalue weighted by Gasteiger charge is 2.09. The van der Waals surface area contributed by atoms with Crippen molar-refractivity contribution >= 4 is 17.9 Å². The van der Waals surface area contributed by atoms with E-state index in [0.717, 1.165) is 0 Å². The van der Waals surface area contributed by atoms with Crippen LogP contribution in [0.25, 0.3) is 0 Å². The Bertz CT molecular complexity index is 447. The SMILES string of the molecule is C=COC(=C)/C=N/N=C(\N)c1nonc1N. The fraction of sp³-hybridized carbons (Fsp3) is 0. The molecule has 0 amide bonds. The van der Waals surface area contributed by atoms with Gasteiger partial charge in [-0.05, 0) is 10.3 Å². The highest BCUT2D eigenvalue weighted by molar-refractivity contribution is 5.99. The topological polar surface area (TPSA) is 125 Å². The Balaban J connectivity index is 2.68. The molecule has 1 aromatic rings. The summed E-state index contributed by atoms with van der Waals surface area (Å²) >= 11 is 0. The molecule has 8 nitrogen and oxygen atoms in total. The summed E-state index contributed by atoms with van der Waals surface area (Å²) in [6.45, 7) is 6.84. The summed E-state index contributed by atoms with van der Waals surface area (Å²) < 4.78 is 9.12. The number of anilines is 1. The molecule has 1 rings (SSSR count). The van der Waals surface area contributed by atoms with Gasteiger partial charge in [-0.2, -0.15) is 5.10 Å². The van der Waals surface area contributed by atoms with Gasteiger partial charge in [0.05, 0.1) is 12.5 Å². The van der Waals surface area contributed by atoms with Crippen molar-refractivity contribution in [2.24, 2.45) is 15.9 Å². The molecule has 0 bridgehead atoms. The van der Waals surface area contributed by atoms with Crippen LogP contribution in [0, 0.1) is 0 Å². The van der Waals surface area contributed by atoms with E-state index in [2.05, 4.69) is 38.3 Å². The number of ether oxygens (including phenoxy) is 1. The van der Waals surface area contributed by atoms with Crippen LogP contribution in [0.5, 0.6) is 0 Å². The zero-order valence-corrected chi connectivity index (χ0v) is 8.33. The molecule has 1 aromatic heterocycles. The fourth-order valence-electron chi connectivity index (χ4n) is 0.713. The third-order valence-electron chi connectivity index (χ3n) is 1.36. The van der Waals surface area contributed by atoms with Gasteiger partial charge in [0.2, 0.25) is 0 Å². The summed E-state index contributed by atoms with van der Waals surface area (Å²) in [5.74, 6) is 0.275. The predicted octanol–water partition coefficient (Wildman–Crippen LogP) is 0.0167. The van der Waals surface area contributed by atoms with E-state index < -0.39 is 0 Å². The quantitative estimate of drug-likeness (QED) is 0.313. The normalized spacial score (nSPS) is 11.6. The summed E-state index contributed by atoms with van der Waals surface area (Å²) in [6.07, 6.45) is 2.46. The molecule has 0 spiro atoms. The maximum Gasteiger partial charge on any atom is 0.199 e. The number of hydrogen-bond acceptors (Lipinski definition) is 7. The fourth-order valence-corrected chi connectivity index (χ4v) is 0.713. The van der Waals surface area contributed by atoms with Crippen molar-refractivity contribution in [1.29, 1.82) is 0 Å². The van der Waals surface area contributed by atoms with Crippen LogP contribution in [0.4, 0.5) is 5.82 Å². The lowest BCUT2D eigenvalue weighted by Gasteiger charge is -1.94. The first-order valence-corrected chi connectivity index (χ1v) is 4.06. The predicted molar refractivity (Wildman–Crippen MR) is 58.3 cm³/mol. The Kier molecular flexibility index (Phi) is 3.78. The molecule has 0 radical (unpaired) electrons. The molecule has 0 unspecified atom stereocenters. The van der Waals surface area contributed by atoms with E-state index in [1.807, 2.05) is 0 Å². The van der Waals surface area contributed by atoms with Crippen molar-refractivity contribution in [2.75, 3.05) is 5.73 Å². The summed E-state index contributed by atoms with van der Waals surface area (Å²) in [5.41, 5.74) is 11.0. The Hall–Kier alpha value is -2.64. The number of aromatic nitrogens is 2. The summed E-state index contributed by atoms with van der Waals surface area (Å²) in [6, 6.07) is 0. The summed E-state index contributed by atoms with van der Waals surface area (Å²) in [5, 5.41) is 14.0. The van der Waals surface area contributed by atoms with Crippen molar-refractivity contribution < 1.29 is 9.37 Å². The Labute approximate surface area is 90.9 Å². The van der Waals surface area contributed by atoms with Gasteiger partial charge >= 0.3 is 0 Å². The smallest absolute Gasteiger partial charge is 0.199 e. The number of allylic oxidation sites excluding steroid dienone is 1. The molecule has 8 heteroatoms. The van der Waals surface area contributed by atoms with Crippen molar-refractivity contribution in [1.82, 2.24) is 10.3 Å². The van der Waals surface area contributed by atoms with Crippen LogP contribution in [0.2, 0.25) is 0 Å². The van der Waals surface area contributed by atoms with Crippen molar-refractivity contribution in [3.8, 4) is 0 Å². The molecule has 0 saturated carbocycles. The van der Waals surface area contributed by atoms with E-state index in [1.54, 1.807) is 0 Å². The molecular weight excluding hydrogens is 212 g/mol. The van der Waals surface area contributed by atoms with Crippen LogP contribution in [0.3, 0.4) is 0 Å². The molecule has 84 valence electrons. The lowest BCUT2D eigenvalue weighted by Crippen LogP contribution is -2.15. The zero-order chi connectivity index (χ0) is 12.0. The maximum atomic E-state index is 5.50. The van der Waals surface area contributed by atoms with E-state index in [4.69, 9.17) is 16.2 Å². The second-order valence-electron chi connectivity index (χ2n) is 2.48. The first-order chi connectivity index (χ1) is 7.65. The average molecular weight is 222 g/mol. The molecule has 0 aliphatic heterocycles. The van der Waals surface area contributed by atoms with Gasteiger partial charge < -0.3 is 16.2 Å². The van der Waals surface area contributed by atoms with Crippen molar-refractivity contribution in [2.45, 2.75) is 0 Å². The zero-order valence-electron chi connectivity index (χ0n) is 8.33. The first kappa shape index (κ1) is 11.4. The van der Waals surface area contributed by atoms with Gasteiger partial charge in [-0.25, -0.2) is 4.63 Å². The Morgan fingerprint density at radius 3 is 2.81 bits per heavy atom. The van der Waals surface area contributed by atoms with Gasteiger partial charge in [0.1, 0.15) is 5.76 Å². The summed E-state index contributed by atoms with van der Waals surface area (Å²) in [7, 11) is 0. The molecule has 1 heterocycles. The Morgan fingerprint density at radius 1 is 1.50 bits per heavy atom.